The van der Waals surface area contributed by atoms with Gasteiger partial charge in [-0.05, 0) is 50.3 Å². The van der Waals surface area contributed by atoms with E-state index in [1.165, 1.54) is 12.1 Å². The molecular formula is C17H24FNO3. The summed E-state index contributed by atoms with van der Waals surface area (Å²) in [5, 5.41) is 13.4. The van der Waals surface area contributed by atoms with Gasteiger partial charge in [0.05, 0.1) is 18.6 Å². The highest BCUT2D eigenvalue weighted by atomic mass is 19.1. The lowest BCUT2D eigenvalue weighted by Crippen LogP contribution is -2.37. The minimum atomic E-state index is -0.650. The Hall–Kier alpha value is -1.46. The maximum absolute atomic E-state index is 12.8. The third kappa shape index (κ3) is 4.78. The Morgan fingerprint density at radius 3 is 2.55 bits per heavy atom. The van der Waals surface area contributed by atoms with Crippen LogP contribution in [0.3, 0.4) is 0 Å². The highest BCUT2D eigenvalue weighted by Crippen LogP contribution is 2.25. The van der Waals surface area contributed by atoms with E-state index in [4.69, 9.17) is 4.74 Å². The van der Waals surface area contributed by atoms with Gasteiger partial charge in [-0.15, -0.1) is 0 Å². The molecule has 22 heavy (non-hydrogen) atoms. The average molecular weight is 309 g/mol. The van der Waals surface area contributed by atoms with Crippen LogP contribution in [0.2, 0.25) is 0 Å². The lowest BCUT2D eigenvalue weighted by Gasteiger charge is -2.28. The van der Waals surface area contributed by atoms with Crippen molar-refractivity contribution in [2.45, 2.75) is 44.8 Å². The van der Waals surface area contributed by atoms with Gasteiger partial charge in [0, 0.05) is 12.6 Å². The molecule has 122 valence electrons. The molecule has 1 aliphatic carbocycles. The van der Waals surface area contributed by atoms with Gasteiger partial charge in [-0.1, -0.05) is 12.1 Å². The Labute approximate surface area is 130 Å². The van der Waals surface area contributed by atoms with Crippen LogP contribution in [0.25, 0.3) is 0 Å². The molecule has 1 atom stereocenters. The predicted octanol–water partition coefficient (Wildman–Crippen LogP) is 2.57. The molecule has 1 aromatic rings. The van der Waals surface area contributed by atoms with Crippen molar-refractivity contribution in [3.63, 3.8) is 0 Å². The van der Waals surface area contributed by atoms with E-state index < -0.39 is 6.10 Å². The fourth-order valence-corrected chi connectivity index (χ4v) is 2.87. The molecule has 0 aliphatic heterocycles. The first-order chi connectivity index (χ1) is 10.6. The quantitative estimate of drug-likeness (QED) is 0.793. The van der Waals surface area contributed by atoms with Crippen molar-refractivity contribution in [1.29, 1.82) is 0 Å². The molecule has 0 spiro atoms. The lowest BCUT2D eigenvalue weighted by atomic mass is 9.86. The van der Waals surface area contributed by atoms with Gasteiger partial charge in [0.1, 0.15) is 5.82 Å². The summed E-state index contributed by atoms with van der Waals surface area (Å²) in [4.78, 5) is 11.7. The molecule has 0 saturated heterocycles. The maximum atomic E-state index is 12.8. The second kappa shape index (κ2) is 8.25. The van der Waals surface area contributed by atoms with Crippen molar-refractivity contribution in [3.8, 4) is 0 Å². The SMILES string of the molecule is CCOC(=O)C1CCC(NCC(O)c2ccc(F)cc2)CC1. The van der Waals surface area contributed by atoms with Crippen LogP contribution in [0.5, 0.6) is 0 Å². The Morgan fingerprint density at radius 2 is 1.95 bits per heavy atom. The number of carbonyl (C=O) groups excluding carboxylic acids is 1. The first-order valence-corrected chi connectivity index (χ1v) is 7.93. The molecule has 0 aromatic heterocycles. The van der Waals surface area contributed by atoms with Crippen LogP contribution in [-0.2, 0) is 9.53 Å². The van der Waals surface area contributed by atoms with Gasteiger partial charge in [0.2, 0.25) is 0 Å². The molecule has 0 heterocycles. The number of hydrogen-bond acceptors (Lipinski definition) is 4. The molecular weight excluding hydrogens is 285 g/mol. The number of halogens is 1. The van der Waals surface area contributed by atoms with E-state index in [-0.39, 0.29) is 17.7 Å². The zero-order chi connectivity index (χ0) is 15.9. The third-order valence-electron chi connectivity index (χ3n) is 4.20. The number of esters is 1. The number of carbonyl (C=O) groups is 1. The van der Waals surface area contributed by atoms with Crippen LogP contribution in [0.15, 0.2) is 24.3 Å². The highest BCUT2D eigenvalue weighted by Gasteiger charge is 2.27. The summed E-state index contributed by atoms with van der Waals surface area (Å²) in [6, 6.07) is 6.20. The zero-order valence-corrected chi connectivity index (χ0v) is 12.9. The van der Waals surface area contributed by atoms with Gasteiger partial charge in [-0.25, -0.2) is 4.39 Å². The first kappa shape index (κ1) is 16.9. The number of nitrogens with one attached hydrogen (secondary N) is 1. The summed E-state index contributed by atoms with van der Waals surface area (Å²) in [7, 11) is 0. The van der Waals surface area contributed by atoms with Crippen LogP contribution in [0.4, 0.5) is 4.39 Å². The van der Waals surface area contributed by atoms with Crippen LogP contribution in [-0.4, -0.2) is 30.3 Å². The van der Waals surface area contributed by atoms with Gasteiger partial charge in [0.25, 0.3) is 0 Å². The van der Waals surface area contributed by atoms with Crippen molar-refractivity contribution in [2.75, 3.05) is 13.2 Å². The van der Waals surface area contributed by atoms with Gasteiger partial charge < -0.3 is 15.2 Å². The van der Waals surface area contributed by atoms with Crippen molar-refractivity contribution < 1.29 is 19.0 Å². The Morgan fingerprint density at radius 1 is 1.32 bits per heavy atom. The fraction of sp³-hybridized carbons (Fsp3) is 0.588. The number of hydrogen-bond donors (Lipinski definition) is 2. The summed E-state index contributed by atoms with van der Waals surface area (Å²) in [6.45, 7) is 2.68. The molecule has 0 radical (unpaired) electrons. The van der Waals surface area contributed by atoms with Crippen LogP contribution >= 0.6 is 0 Å². The van der Waals surface area contributed by atoms with E-state index >= 15 is 0 Å². The number of rotatable bonds is 6. The summed E-state index contributed by atoms with van der Waals surface area (Å²) in [5.74, 6) is -0.381. The van der Waals surface area contributed by atoms with Crippen molar-refractivity contribution in [3.05, 3.63) is 35.6 Å². The molecule has 0 bridgehead atoms. The first-order valence-electron chi connectivity index (χ1n) is 7.93. The Bertz CT molecular complexity index is 469. The van der Waals surface area contributed by atoms with E-state index in [0.717, 1.165) is 25.7 Å². The minimum absolute atomic E-state index is 0.0139. The second-order valence-corrected chi connectivity index (χ2v) is 5.78. The molecule has 1 saturated carbocycles. The molecule has 4 nitrogen and oxygen atoms in total. The van der Waals surface area contributed by atoms with Crippen molar-refractivity contribution in [2.24, 2.45) is 5.92 Å². The zero-order valence-electron chi connectivity index (χ0n) is 12.9. The van der Waals surface area contributed by atoms with E-state index in [0.29, 0.717) is 24.8 Å². The van der Waals surface area contributed by atoms with Crippen molar-refractivity contribution >= 4 is 5.97 Å². The van der Waals surface area contributed by atoms with Crippen LogP contribution in [0, 0.1) is 11.7 Å². The topological polar surface area (TPSA) is 58.6 Å². The maximum Gasteiger partial charge on any atom is 0.308 e. The number of aliphatic hydroxyl groups is 1. The summed E-state index contributed by atoms with van der Waals surface area (Å²) in [5.41, 5.74) is 0.703. The lowest BCUT2D eigenvalue weighted by molar-refractivity contribution is -0.149. The van der Waals surface area contributed by atoms with E-state index in [1.54, 1.807) is 12.1 Å². The van der Waals surface area contributed by atoms with E-state index in [1.807, 2.05) is 6.92 Å². The highest BCUT2D eigenvalue weighted by molar-refractivity contribution is 5.72. The number of ether oxygens (including phenoxy) is 1. The monoisotopic (exact) mass is 309 g/mol. The van der Waals surface area contributed by atoms with E-state index in [9.17, 15) is 14.3 Å². The molecule has 2 rings (SSSR count). The predicted molar refractivity (Wildman–Crippen MR) is 81.7 cm³/mol. The molecule has 2 N–H and O–H groups in total. The number of aliphatic hydroxyl groups excluding tert-OH is 1. The average Bonchev–Trinajstić information content (AvgIpc) is 2.54. The van der Waals surface area contributed by atoms with Gasteiger partial charge in [-0.3, -0.25) is 4.79 Å². The van der Waals surface area contributed by atoms with Gasteiger partial charge in [0.15, 0.2) is 0 Å². The number of benzene rings is 1. The fourth-order valence-electron chi connectivity index (χ4n) is 2.87. The third-order valence-corrected chi connectivity index (χ3v) is 4.20. The molecule has 0 amide bonds. The molecule has 1 aromatic carbocycles. The standard InChI is InChI=1S/C17H24FNO3/c1-2-22-17(21)13-5-9-15(10-6-13)19-11-16(20)12-3-7-14(18)8-4-12/h3-4,7-8,13,15-16,19-20H,2,5-6,9-11H2,1H3. The van der Waals surface area contributed by atoms with Crippen LogP contribution < -0.4 is 5.32 Å². The largest absolute Gasteiger partial charge is 0.466 e. The Kier molecular flexibility index (Phi) is 6.34. The normalized spacial score (nSPS) is 23.0. The van der Waals surface area contributed by atoms with Gasteiger partial charge in [-0.2, -0.15) is 0 Å². The van der Waals surface area contributed by atoms with Gasteiger partial charge >= 0.3 is 5.97 Å². The molecule has 1 unspecified atom stereocenters. The van der Waals surface area contributed by atoms with Crippen molar-refractivity contribution in [1.82, 2.24) is 5.32 Å². The minimum Gasteiger partial charge on any atom is -0.466 e. The second-order valence-electron chi connectivity index (χ2n) is 5.78. The molecule has 1 aliphatic rings. The van der Waals surface area contributed by atoms with Crippen LogP contribution in [0.1, 0.15) is 44.3 Å². The summed E-state index contributed by atoms with van der Waals surface area (Å²) in [6.07, 6.45) is 2.80. The molecule has 5 heteroatoms. The Balaban J connectivity index is 1.72. The summed E-state index contributed by atoms with van der Waals surface area (Å²) >= 11 is 0. The molecule has 1 fully saturated rings. The van der Waals surface area contributed by atoms with E-state index in [2.05, 4.69) is 5.32 Å². The smallest absolute Gasteiger partial charge is 0.308 e. The summed E-state index contributed by atoms with van der Waals surface area (Å²) < 4.78 is 17.9.